The van der Waals surface area contributed by atoms with Gasteiger partial charge in [-0.25, -0.2) is 9.18 Å². The number of amides is 1. The molecule has 1 atom stereocenters. The van der Waals surface area contributed by atoms with Crippen LogP contribution in [0.1, 0.15) is 24.1 Å². The molecule has 0 bridgehead atoms. The molecule has 20 heavy (non-hydrogen) atoms. The molecule has 1 amide bonds. The van der Waals surface area contributed by atoms with Crippen LogP contribution in [0.5, 0.6) is 0 Å². The Morgan fingerprint density at radius 1 is 1.45 bits per heavy atom. The van der Waals surface area contributed by atoms with Crippen LogP contribution in [-0.2, 0) is 10.9 Å². The minimum atomic E-state index is -4.82. The van der Waals surface area contributed by atoms with Crippen molar-refractivity contribution in [1.29, 1.82) is 0 Å². The van der Waals surface area contributed by atoms with Gasteiger partial charge in [0.2, 0.25) is 0 Å². The molecular weight excluding hydrogens is 280 g/mol. The first-order valence-corrected chi connectivity index (χ1v) is 5.79. The summed E-state index contributed by atoms with van der Waals surface area (Å²) in [6.07, 6.45) is -5.62. The largest absolute Gasteiger partial charge is 0.450 e. The number of carbonyl (C=O) groups is 1. The lowest BCUT2D eigenvalue weighted by Gasteiger charge is -2.18. The minimum Gasteiger partial charge on any atom is -0.450 e. The molecule has 0 aliphatic heterocycles. The Hall–Kier alpha value is -1.83. The fourth-order valence-corrected chi connectivity index (χ4v) is 1.57. The number of carbonyl (C=O) groups excluding carboxylic acids is 1. The summed E-state index contributed by atoms with van der Waals surface area (Å²) in [6.45, 7) is 1.54. The predicted octanol–water partition coefficient (Wildman–Crippen LogP) is 2.59. The third kappa shape index (κ3) is 4.09. The second kappa shape index (κ2) is 6.56. The molecule has 0 spiro atoms. The number of nitrogens with two attached hydrogens (primary N) is 1. The number of halogens is 4. The van der Waals surface area contributed by atoms with Crippen molar-refractivity contribution < 1.29 is 27.1 Å². The molecule has 4 nitrogen and oxygen atoms in total. The number of nitrogens with one attached hydrogen (secondary N) is 1. The summed E-state index contributed by atoms with van der Waals surface area (Å²) in [5, 5.41) is 2.31. The highest BCUT2D eigenvalue weighted by atomic mass is 19.4. The molecular formula is C12H14F4N2O2. The van der Waals surface area contributed by atoms with E-state index in [1.807, 2.05) is 0 Å². The van der Waals surface area contributed by atoms with Crippen LogP contribution in [0.25, 0.3) is 0 Å². The zero-order valence-corrected chi connectivity index (χ0v) is 10.6. The Balaban J connectivity index is 3.02. The van der Waals surface area contributed by atoms with E-state index in [1.54, 1.807) is 6.92 Å². The van der Waals surface area contributed by atoms with Crippen molar-refractivity contribution in [1.82, 2.24) is 5.32 Å². The predicted molar refractivity (Wildman–Crippen MR) is 63.4 cm³/mol. The molecule has 1 rings (SSSR count). The number of alkyl halides is 3. The molecule has 1 aromatic rings. The lowest BCUT2D eigenvalue weighted by Crippen LogP contribution is -2.34. The zero-order valence-electron chi connectivity index (χ0n) is 10.6. The van der Waals surface area contributed by atoms with E-state index in [4.69, 9.17) is 5.73 Å². The summed E-state index contributed by atoms with van der Waals surface area (Å²) in [6, 6.07) is 1.55. The average Bonchev–Trinajstić information content (AvgIpc) is 2.35. The van der Waals surface area contributed by atoms with E-state index in [2.05, 4.69) is 10.1 Å². The van der Waals surface area contributed by atoms with Gasteiger partial charge in [0.15, 0.2) is 0 Å². The summed E-state index contributed by atoms with van der Waals surface area (Å²) >= 11 is 0. The maximum Gasteiger partial charge on any atom is 0.419 e. The van der Waals surface area contributed by atoms with E-state index in [9.17, 15) is 22.4 Å². The first kappa shape index (κ1) is 16.2. The van der Waals surface area contributed by atoms with Crippen molar-refractivity contribution in [3.05, 3.63) is 35.1 Å². The fraction of sp³-hybridized carbons (Fsp3) is 0.417. The summed E-state index contributed by atoms with van der Waals surface area (Å²) in [7, 11) is 0. The molecule has 0 aromatic heterocycles. The van der Waals surface area contributed by atoms with Gasteiger partial charge in [-0.15, -0.1) is 0 Å². The van der Waals surface area contributed by atoms with Gasteiger partial charge in [-0.05, 0) is 24.6 Å². The molecule has 0 heterocycles. The number of hydrogen-bond acceptors (Lipinski definition) is 3. The third-order valence-corrected chi connectivity index (χ3v) is 2.50. The van der Waals surface area contributed by atoms with Crippen molar-refractivity contribution in [2.75, 3.05) is 13.2 Å². The highest BCUT2D eigenvalue weighted by Gasteiger charge is 2.34. The molecule has 1 aromatic carbocycles. The van der Waals surface area contributed by atoms with Crippen molar-refractivity contribution in [3.63, 3.8) is 0 Å². The van der Waals surface area contributed by atoms with Crippen LogP contribution in [0, 0.1) is 5.82 Å². The number of hydrogen-bond donors (Lipinski definition) is 2. The Morgan fingerprint density at radius 2 is 2.10 bits per heavy atom. The molecule has 0 aliphatic rings. The highest BCUT2D eigenvalue weighted by molar-refractivity contribution is 5.67. The minimum absolute atomic E-state index is 0.0503. The highest BCUT2D eigenvalue weighted by Crippen LogP contribution is 2.32. The Bertz CT molecular complexity index is 477. The number of benzene rings is 1. The van der Waals surface area contributed by atoms with E-state index in [1.165, 1.54) is 0 Å². The van der Waals surface area contributed by atoms with Gasteiger partial charge in [-0.2, -0.15) is 13.2 Å². The van der Waals surface area contributed by atoms with Crippen molar-refractivity contribution >= 4 is 6.09 Å². The second-order valence-corrected chi connectivity index (χ2v) is 3.89. The maximum absolute atomic E-state index is 13.2. The molecule has 1 unspecified atom stereocenters. The van der Waals surface area contributed by atoms with Gasteiger partial charge < -0.3 is 15.8 Å². The van der Waals surface area contributed by atoms with Crippen molar-refractivity contribution in [2.24, 2.45) is 5.73 Å². The summed E-state index contributed by atoms with van der Waals surface area (Å²) in [4.78, 5) is 11.2. The van der Waals surface area contributed by atoms with Gasteiger partial charge in [0.1, 0.15) is 5.82 Å². The van der Waals surface area contributed by atoms with Crippen molar-refractivity contribution in [3.8, 4) is 0 Å². The maximum atomic E-state index is 13.2. The molecule has 8 heteroatoms. The van der Waals surface area contributed by atoms with Crippen LogP contribution in [-0.4, -0.2) is 19.2 Å². The van der Waals surface area contributed by atoms with E-state index < -0.39 is 29.7 Å². The van der Waals surface area contributed by atoms with Gasteiger partial charge in [0.25, 0.3) is 0 Å². The van der Waals surface area contributed by atoms with Crippen LogP contribution in [0.15, 0.2) is 18.2 Å². The SMILES string of the molecule is CCOC(=O)NC(CN)c1ccc(F)c(C(F)(F)F)c1. The summed E-state index contributed by atoms with van der Waals surface area (Å²) in [5.74, 6) is -1.38. The molecule has 0 radical (unpaired) electrons. The summed E-state index contributed by atoms with van der Waals surface area (Å²) < 4.78 is 55.6. The van der Waals surface area contributed by atoms with Gasteiger partial charge >= 0.3 is 12.3 Å². The van der Waals surface area contributed by atoms with Gasteiger partial charge in [0, 0.05) is 6.54 Å². The Morgan fingerprint density at radius 3 is 2.60 bits per heavy atom. The molecule has 112 valence electrons. The van der Waals surface area contributed by atoms with Crippen LogP contribution in [0.2, 0.25) is 0 Å². The van der Waals surface area contributed by atoms with E-state index >= 15 is 0 Å². The quantitative estimate of drug-likeness (QED) is 0.839. The van der Waals surface area contributed by atoms with Crippen LogP contribution < -0.4 is 11.1 Å². The normalized spacial score (nSPS) is 12.9. The van der Waals surface area contributed by atoms with E-state index in [0.717, 1.165) is 6.07 Å². The molecule has 0 aliphatic carbocycles. The number of rotatable bonds is 4. The topological polar surface area (TPSA) is 64.3 Å². The van der Waals surface area contributed by atoms with Crippen molar-refractivity contribution in [2.45, 2.75) is 19.1 Å². The van der Waals surface area contributed by atoms with E-state index in [-0.39, 0.29) is 18.7 Å². The van der Waals surface area contributed by atoms with Crippen LogP contribution >= 0.6 is 0 Å². The molecule has 0 fully saturated rings. The third-order valence-electron chi connectivity index (χ3n) is 2.50. The monoisotopic (exact) mass is 294 g/mol. The summed E-state index contributed by atoms with van der Waals surface area (Å²) in [5.41, 5.74) is 4.05. The number of ether oxygens (including phenoxy) is 1. The van der Waals surface area contributed by atoms with Gasteiger partial charge in [-0.3, -0.25) is 0 Å². The van der Waals surface area contributed by atoms with Gasteiger partial charge in [-0.1, -0.05) is 6.07 Å². The average molecular weight is 294 g/mol. The molecule has 0 saturated heterocycles. The molecule has 3 N–H and O–H groups in total. The second-order valence-electron chi connectivity index (χ2n) is 3.89. The standard InChI is InChI=1S/C12H14F4N2O2/c1-2-20-11(19)18-10(6-17)7-3-4-9(13)8(5-7)12(14,15)16/h3-5,10H,2,6,17H2,1H3,(H,18,19). The van der Waals surface area contributed by atoms with Crippen LogP contribution in [0.3, 0.4) is 0 Å². The first-order chi connectivity index (χ1) is 9.29. The Labute approximate surface area is 112 Å². The fourth-order valence-electron chi connectivity index (χ4n) is 1.57. The lowest BCUT2D eigenvalue weighted by molar-refractivity contribution is -0.140. The first-order valence-electron chi connectivity index (χ1n) is 5.79. The van der Waals surface area contributed by atoms with Gasteiger partial charge in [0.05, 0.1) is 18.2 Å². The molecule has 0 saturated carbocycles. The lowest BCUT2D eigenvalue weighted by atomic mass is 10.0. The smallest absolute Gasteiger partial charge is 0.419 e. The van der Waals surface area contributed by atoms with Crippen LogP contribution in [0.4, 0.5) is 22.4 Å². The number of alkyl carbamates (subject to hydrolysis) is 1. The van der Waals surface area contributed by atoms with E-state index in [0.29, 0.717) is 12.1 Å². The Kier molecular flexibility index (Phi) is 5.32. The zero-order chi connectivity index (χ0) is 15.3.